The van der Waals surface area contributed by atoms with Crippen LogP contribution in [0.25, 0.3) is 0 Å². The summed E-state index contributed by atoms with van der Waals surface area (Å²) in [6.45, 7) is 2.68. The molecule has 0 aliphatic heterocycles. The number of hydrogen-bond donors (Lipinski definition) is 2. The maximum absolute atomic E-state index is 13.6. The molecule has 4 aromatic rings. The number of sulfonamides is 2. The highest BCUT2D eigenvalue weighted by molar-refractivity contribution is 7.93. The van der Waals surface area contributed by atoms with E-state index in [1.54, 1.807) is 25.1 Å². The van der Waals surface area contributed by atoms with Crippen molar-refractivity contribution in [2.24, 2.45) is 0 Å². The second kappa shape index (κ2) is 12.3. The molecule has 8 nitrogen and oxygen atoms in total. The zero-order valence-corrected chi connectivity index (χ0v) is 25.1. The Bertz CT molecular complexity index is 1870. The van der Waals surface area contributed by atoms with Crippen LogP contribution < -0.4 is 14.3 Å². The average molecular weight is 652 g/mol. The molecule has 1 amide bonds. The Labute approximate surface area is 252 Å². The van der Waals surface area contributed by atoms with Gasteiger partial charge in [-0.1, -0.05) is 41.9 Å². The molecule has 0 aromatic heterocycles. The topological polar surface area (TPSA) is 113 Å². The number of carbonyl (C=O) groups excluding carboxylic acids is 1. The fraction of sp³-hybridized carbons (Fsp3) is 0.138. The van der Waals surface area contributed by atoms with Gasteiger partial charge in [-0.05, 0) is 85.6 Å². The average Bonchev–Trinajstić information content (AvgIpc) is 2.94. The van der Waals surface area contributed by atoms with Crippen molar-refractivity contribution in [3.8, 4) is 0 Å². The smallest absolute Gasteiger partial charge is 0.325 e. The number of nitrogens with one attached hydrogen (secondary N) is 2. The molecule has 0 saturated carbocycles. The van der Waals surface area contributed by atoms with Crippen molar-refractivity contribution in [2.45, 2.75) is 29.8 Å². The number of carbonyl (C=O) groups is 1. The van der Waals surface area contributed by atoms with Crippen molar-refractivity contribution in [1.82, 2.24) is 0 Å². The minimum absolute atomic E-state index is 0.0967. The number of amides is 1. The van der Waals surface area contributed by atoms with Gasteiger partial charge >= 0.3 is 6.18 Å². The molecule has 2 N–H and O–H groups in total. The Balaban J connectivity index is 1.59. The fourth-order valence-electron chi connectivity index (χ4n) is 4.02. The molecule has 226 valence electrons. The summed E-state index contributed by atoms with van der Waals surface area (Å²) in [6, 6.07) is 19.8. The Hall–Kier alpha value is -4.07. The van der Waals surface area contributed by atoms with Crippen LogP contribution in [0.15, 0.2) is 101 Å². The molecule has 0 unspecified atom stereocenters. The molecule has 0 fully saturated rings. The first-order valence-electron chi connectivity index (χ1n) is 12.5. The van der Waals surface area contributed by atoms with Crippen molar-refractivity contribution in [3.05, 3.63) is 113 Å². The van der Waals surface area contributed by atoms with Gasteiger partial charge in [-0.2, -0.15) is 13.2 Å². The standard InChI is InChI=1S/C29H25ClF3N3O5S2/c1-19-8-9-20(2)27(16-19)35-42(38,39)23-13-10-21(11-14-23)34-28(37)18-36(43(40,41)24-6-4-3-5-7-24)22-12-15-26(30)25(17-22)29(31,32)33/h3-17,35H,18H2,1-2H3,(H,34,37). The number of rotatable bonds is 9. The van der Waals surface area contributed by atoms with Gasteiger partial charge in [0.2, 0.25) is 5.91 Å². The van der Waals surface area contributed by atoms with E-state index in [0.717, 1.165) is 23.3 Å². The molecule has 0 radical (unpaired) electrons. The largest absolute Gasteiger partial charge is 0.417 e. The Morgan fingerprint density at radius 2 is 1.49 bits per heavy atom. The van der Waals surface area contributed by atoms with Gasteiger partial charge in [0.15, 0.2) is 0 Å². The van der Waals surface area contributed by atoms with Crippen molar-refractivity contribution in [3.63, 3.8) is 0 Å². The van der Waals surface area contributed by atoms with E-state index >= 15 is 0 Å². The third kappa shape index (κ3) is 7.48. The summed E-state index contributed by atoms with van der Waals surface area (Å²) in [5, 5.41) is 1.82. The molecule has 0 aliphatic carbocycles. The second-order valence-electron chi connectivity index (χ2n) is 9.48. The van der Waals surface area contributed by atoms with Crippen LogP contribution in [-0.2, 0) is 31.0 Å². The number of aryl methyl sites for hydroxylation is 2. The summed E-state index contributed by atoms with van der Waals surface area (Å²) < 4.78 is 96.5. The molecule has 0 aliphatic rings. The van der Waals surface area contributed by atoms with E-state index in [1.165, 1.54) is 48.5 Å². The minimum atomic E-state index is -4.88. The fourth-order valence-corrected chi connectivity index (χ4v) is 6.80. The van der Waals surface area contributed by atoms with Crippen LogP contribution in [0.2, 0.25) is 5.02 Å². The Morgan fingerprint density at radius 3 is 2.12 bits per heavy atom. The van der Waals surface area contributed by atoms with Crippen molar-refractivity contribution in [2.75, 3.05) is 20.9 Å². The van der Waals surface area contributed by atoms with E-state index in [-0.39, 0.29) is 15.5 Å². The van der Waals surface area contributed by atoms with E-state index in [2.05, 4.69) is 10.0 Å². The van der Waals surface area contributed by atoms with Crippen molar-refractivity contribution >= 4 is 54.6 Å². The van der Waals surface area contributed by atoms with E-state index < -0.39 is 54.9 Å². The quantitative estimate of drug-likeness (QED) is 0.212. The van der Waals surface area contributed by atoms with Crippen molar-refractivity contribution < 1.29 is 34.8 Å². The summed E-state index contributed by atoms with van der Waals surface area (Å²) >= 11 is 5.72. The molecule has 0 spiro atoms. The van der Waals surface area contributed by atoms with E-state index in [4.69, 9.17) is 11.6 Å². The van der Waals surface area contributed by atoms with Crippen LogP contribution in [0.3, 0.4) is 0 Å². The predicted octanol–water partition coefficient (Wildman–Crippen LogP) is 6.61. The molecule has 43 heavy (non-hydrogen) atoms. The van der Waals surface area contributed by atoms with Gasteiger partial charge in [0.1, 0.15) is 6.54 Å². The zero-order valence-electron chi connectivity index (χ0n) is 22.7. The van der Waals surface area contributed by atoms with Gasteiger partial charge in [-0.3, -0.25) is 13.8 Å². The summed E-state index contributed by atoms with van der Waals surface area (Å²) in [5.74, 6) is -0.896. The number of nitrogens with zero attached hydrogens (tertiary/aromatic N) is 1. The van der Waals surface area contributed by atoms with Crippen LogP contribution in [0.5, 0.6) is 0 Å². The van der Waals surface area contributed by atoms with Crippen LogP contribution in [0.1, 0.15) is 16.7 Å². The maximum atomic E-state index is 13.6. The summed E-state index contributed by atoms with van der Waals surface area (Å²) in [6.07, 6.45) is -4.88. The lowest BCUT2D eigenvalue weighted by Gasteiger charge is -2.25. The molecule has 4 rings (SSSR count). The molecule has 0 saturated heterocycles. The van der Waals surface area contributed by atoms with Gasteiger partial charge in [-0.25, -0.2) is 16.8 Å². The Morgan fingerprint density at radius 1 is 0.837 bits per heavy atom. The number of hydrogen-bond acceptors (Lipinski definition) is 5. The lowest BCUT2D eigenvalue weighted by atomic mass is 10.1. The van der Waals surface area contributed by atoms with Gasteiger partial charge in [0.05, 0.1) is 31.8 Å². The van der Waals surface area contributed by atoms with Crippen LogP contribution in [-0.4, -0.2) is 29.3 Å². The highest BCUT2D eigenvalue weighted by atomic mass is 35.5. The monoisotopic (exact) mass is 651 g/mol. The predicted molar refractivity (Wildman–Crippen MR) is 159 cm³/mol. The van der Waals surface area contributed by atoms with E-state index in [0.29, 0.717) is 16.1 Å². The number of benzene rings is 4. The SMILES string of the molecule is Cc1ccc(C)c(NS(=O)(=O)c2ccc(NC(=O)CN(c3ccc(Cl)c(C(F)(F)F)c3)S(=O)(=O)c3ccccc3)cc2)c1. The second-order valence-corrected chi connectivity index (χ2v) is 13.4. The maximum Gasteiger partial charge on any atom is 0.417 e. The number of alkyl halides is 3. The van der Waals surface area contributed by atoms with E-state index in [1.807, 2.05) is 13.0 Å². The molecule has 14 heteroatoms. The third-order valence-electron chi connectivity index (χ3n) is 6.25. The molecule has 0 atom stereocenters. The Kier molecular flexibility index (Phi) is 9.09. The van der Waals surface area contributed by atoms with Crippen molar-refractivity contribution in [1.29, 1.82) is 0 Å². The highest BCUT2D eigenvalue weighted by Gasteiger charge is 2.35. The molecule has 4 aromatic carbocycles. The minimum Gasteiger partial charge on any atom is -0.325 e. The molecule has 0 heterocycles. The normalized spacial score (nSPS) is 12.0. The van der Waals surface area contributed by atoms with Crippen LogP contribution >= 0.6 is 11.6 Å². The molecular formula is C29H25ClF3N3O5S2. The highest BCUT2D eigenvalue weighted by Crippen LogP contribution is 2.38. The third-order valence-corrected chi connectivity index (χ3v) is 9.75. The molecule has 0 bridgehead atoms. The lowest BCUT2D eigenvalue weighted by Crippen LogP contribution is -2.38. The van der Waals surface area contributed by atoms with Crippen LogP contribution in [0, 0.1) is 13.8 Å². The summed E-state index contributed by atoms with van der Waals surface area (Å²) in [5.41, 5.74) is 0.406. The van der Waals surface area contributed by atoms with Crippen LogP contribution in [0.4, 0.5) is 30.2 Å². The first-order valence-corrected chi connectivity index (χ1v) is 15.8. The first-order chi connectivity index (χ1) is 20.1. The lowest BCUT2D eigenvalue weighted by molar-refractivity contribution is -0.137. The number of anilines is 3. The van der Waals surface area contributed by atoms with E-state index in [9.17, 15) is 34.8 Å². The summed E-state index contributed by atoms with van der Waals surface area (Å²) in [7, 11) is -8.48. The van der Waals surface area contributed by atoms with Gasteiger partial charge in [0.25, 0.3) is 20.0 Å². The molecular weight excluding hydrogens is 627 g/mol. The first kappa shape index (κ1) is 31.9. The van der Waals surface area contributed by atoms with Gasteiger partial charge in [0, 0.05) is 5.69 Å². The number of halogens is 4. The van der Waals surface area contributed by atoms with Gasteiger partial charge < -0.3 is 5.32 Å². The van der Waals surface area contributed by atoms with Gasteiger partial charge in [-0.15, -0.1) is 0 Å². The zero-order chi connectivity index (χ0) is 31.6. The summed E-state index contributed by atoms with van der Waals surface area (Å²) in [4.78, 5) is 12.7.